The third kappa shape index (κ3) is 5.59. The van der Waals surface area contributed by atoms with E-state index in [0.29, 0.717) is 20.6 Å². The van der Waals surface area contributed by atoms with Crippen molar-refractivity contribution in [1.29, 1.82) is 0 Å². The number of hydrogen-bond donors (Lipinski definition) is 0. The van der Waals surface area contributed by atoms with Crippen LogP contribution < -0.4 is 9.47 Å². The first-order chi connectivity index (χ1) is 17.2. The number of amides is 2. The molecule has 0 aliphatic carbocycles. The molecule has 1 saturated heterocycles. The average molecular weight is 611 g/mol. The Balaban J connectivity index is 1.58. The predicted octanol–water partition coefficient (Wildman–Crippen LogP) is 7.36. The molecule has 0 atom stereocenters. The molecule has 6 nitrogen and oxygen atoms in total. The molecule has 0 unspecified atom stereocenters. The van der Waals surface area contributed by atoms with Gasteiger partial charge in [0.1, 0.15) is 5.82 Å². The fourth-order valence-corrected chi connectivity index (χ4v) is 5.02. The number of rotatable bonds is 6. The van der Waals surface area contributed by atoms with E-state index < -0.39 is 22.9 Å². The largest absolute Gasteiger partial charge is 0.493 e. The normalized spacial score (nSPS) is 14.5. The first-order valence-electron chi connectivity index (χ1n) is 10.2. The van der Waals surface area contributed by atoms with Crippen molar-refractivity contribution < 1.29 is 28.2 Å². The highest BCUT2D eigenvalue weighted by molar-refractivity contribution is 9.10. The maximum absolute atomic E-state index is 14.2. The molecule has 1 heterocycles. The molecule has 1 aliphatic rings. The first-order valence-corrected chi connectivity index (χ1v) is 12.6. The number of thioether (sulfide) groups is 1. The first kappa shape index (κ1) is 26.2. The van der Waals surface area contributed by atoms with Gasteiger partial charge in [-0.05, 0) is 87.9 Å². The minimum Gasteiger partial charge on any atom is -0.493 e. The van der Waals surface area contributed by atoms with E-state index in [1.165, 1.54) is 43.5 Å². The van der Waals surface area contributed by atoms with Gasteiger partial charge in [-0.15, -0.1) is 0 Å². The second-order valence-electron chi connectivity index (χ2n) is 7.40. The fourth-order valence-electron chi connectivity index (χ4n) is 3.29. The molecular formula is C25H15BrCl2FNO5S. The standard InChI is InChI=1S/C25H15BrCl2FNO5S/c1-34-20-10-13(9-17(26)22(20)35-24(32)14-5-7-15(27)8-6-14)11-21-23(31)30(25(33)36-21)12-16-18(28)3-2-4-19(16)29/h2-11H,12H2,1H3/b21-11-. The Labute approximate surface area is 228 Å². The summed E-state index contributed by atoms with van der Waals surface area (Å²) in [5.74, 6) is -1.46. The van der Waals surface area contributed by atoms with Gasteiger partial charge in [-0.25, -0.2) is 9.18 Å². The van der Waals surface area contributed by atoms with Gasteiger partial charge in [0, 0.05) is 15.6 Å². The second kappa shape index (κ2) is 11.0. The van der Waals surface area contributed by atoms with E-state index >= 15 is 0 Å². The van der Waals surface area contributed by atoms with Crippen molar-refractivity contribution in [2.45, 2.75) is 6.54 Å². The van der Waals surface area contributed by atoms with Crippen LogP contribution in [0.25, 0.3) is 6.08 Å². The van der Waals surface area contributed by atoms with Crippen LogP contribution in [-0.4, -0.2) is 29.1 Å². The van der Waals surface area contributed by atoms with Crippen molar-refractivity contribution in [2.75, 3.05) is 7.11 Å². The molecule has 3 aromatic rings. The molecule has 3 aromatic carbocycles. The Bertz CT molecular complexity index is 1390. The smallest absolute Gasteiger partial charge is 0.343 e. The molecule has 1 aliphatic heterocycles. The Morgan fingerprint density at radius 3 is 2.53 bits per heavy atom. The molecule has 0 radical (unpaired) electrons. The van der Waals surface area contributed by atoms with Crippen LogP contribution in [0.2, 0.25) is 10.0 Å². The van der Waals surface area contributed by atoms with Crippen LogP contribution in [0.15, 0.2) is 64.0 Å². The molecule has 11 heteroatoms. The maximum Gasteiger partial charge on any atom is 0.343 e. The minimum atomic E-state index is -0.619. The van der Waals surface area contributed by atoms with Crippen LogP contribution in [0.5, 0.6) is 11.5 Å². The summed E-state index contributed by atoms with van der Waals surface area (Å²) in [7, 11) is 1.40. The average Bonchev–Trinajstić information content (AvgIpc) is 3.10. The van der Waals surface area contributed by atoms with Crippen LogP contribution in [0.4, 0.5) is 9.18 Å². The van der Waals surface area contributed by atoms with E-state index in [9.17, 15) is 18.8 Å². The second-order valence-corrected chi connectivity index (χ2v) is 10.1. The summed E-state index contributed by atoms with van der Waals surface area (Å²) in [4.78, 5) is 39.0. The number of hydrogen-bond acceptors (Lipinski definition) is 6. The zero-order valence-corrected chi connectivity index (χ0v) is 22.3. The summed E-state index contributed by atoms with van der Waals surface area (Å²) >= 11 is 16.0. The summed E-state index contributed by atoms with van der Waals surface area (Å²) in [5, 5.41) is 0.0524. The van der Waals surface area contributed by atoms with Crippen LogP contribution in [0, 0.1) is 5.82 Å². The Hall–Kier alpha value is -2.85. The van der Waals surface area contributed by atoms with E-state index in [2.05, 4.69) is 15.9 Å². The SMILES string of the molecule is COc1cc(/C=C2\SC(=O)N(Cc3c(F)cccc3Cl)C2=O)cc(Br)c1OC(=O)c1ccc(Cl)cc1. The van der Waals surface area contributed by atoms with E-state index in [1.54, 1.807) is 24.3 Å². The highest BCUT2D eigenvalue weighted by Gasteiger charge is 2.36. The lowest BCUT2D eigenvalue weighted by Gasteiger charge is -2.14. The van der Waals surface area contributed by atoms with E-state index in [1.807, 2.05) is 0 Å². The summed E-state index contributed by atoms with van der Waals surface area (Å²) in [6, 6.07) is 13.5. The zero-order chi connectivity index (χ0) is 26.0. The van der Waals surface area contributed by atoms with Gasteiger partial charge in [0.15, 0.2) is 11.5 Å². The van der Waals surface area contributed by atoms with E-state index in [-0.39, 0.29) is 33.5 Å². The lowest BCUT2D eigenvalue weighted by atomic mass is 10.1. The summed E-state index contributed by atoms with van der Waals surface area (Å²) < 4.78 is 25.4. The highest BCUT2D eigenvalue weighted by atomic mass is 79.9. The van der Waals surface area contributed by atoms with Crippen molar-refractivity contribution in [3.8, 4) is 11.5 Å². The van der Waals surface area contributed by atoms with Gasteiger partial charge in [-0.1, -0.05) is 29.3 Å². The number of methoxy groups -OCH3 is 1. The highest BCUT2D eigenvalue weighted by Crippen LogP contribution is 2.40. The third-order valence-electron chi connectivity index (χ3n) is 5.08. The van der Waals surface area contributed by atoms with Crippen molar-refractivity contribution in [3.63, 3.8) is 0 Å². The van der Waals surface area contributed by atoms with Crippen molar-refractivity contribution in [2.24, 2.45) is 0 Å². The molecule has 0 bridgehead atoms. The quantitative estimate of drug-likeness (QED) is 0.165. The Morgan fingerprint density at radius 2 is 1.86 bits per heavy atom. The molecule has 0 spiro atoms. The van der Waals surface area contributed by atoms with Gasteiger partial charge in [0.05, 0.1) is 28.6 Å². The Morgan fingerprint density at radius 1 is 1.14 bits per heavy atom. The molecule has 1 fully saturated rings. The van der Waals surface area contributed by atoms with E-state index in [0.717, 1.165) is 16.7 Å². The van der Waals surface area contributed by atoms with Gasteiger partial charge in [-0.3, -0.25) is 14.5 Å². The number of benzene rings is 3. The van der Waals surface area contributed by atoms with Gasteiger partial charge in [-0.2, -0.15) is 0 Å². The van der Waals surface area contributed by atoms with Crippen LogP contribution >= 0.6 is 50.9 Å². The molecule has 4 rings (SSSR count). The van der Waals surface area contributed by atoms with Crippen LogP contribution in [-0.2, 0) is 11.3 Å². The minimum absolute atomic E-state index is 0.0546. The third-order valence-corrected chi connectivity index (χ3v) is 7.18. The molecule has 0 aromatic heterocycles. The lowest BCUT2D eigenvalue weighted by Crippen LogP contribution is -2.28. The van der Waals surface area contributed by atoms with Gasteiger partial charge in [0.25, 0.3) is 11.1 Å². The predicted molar refractivity (Wildman–Crippen MR) is 140 cm³/mol. The van der Waals surface area contributed by atoms with Crippen LogP contribution in [0.3, 0.4) is 0 Å². The molecule has 0 saturated carbocycles. The number of halogens is 4. The van der Waals surface area contributed by atoms with E-state index in [4.69, 9.17) is 32.7 Å². The van der Waals surface area contributed by atoms with Gasteiger partial charge in [0.2, 0.25) is 0 Å². The molecule has 2 amide bonds. The zero-order valence-electron chi connectivity index (χ0n) is 18.4. The number of carbonyl (C=O) groups is 3. The van der Waals surface area contributed by atoms with Crippen molar-refractivity contribution in [3.05, 3.63) is 96.5 Å². The topological polar surface area (TPSA) is 72.9 Å². The number of carbonyl (C=O) groups excluding carboxylic acids is 3. The fraction of sp³-hybridized carbons (Fsp3) is 0.0800. The number of ether oxygens (including phenoxy) is 2. The number of esters is 1. The lowest BCUT2D eigenvalue weighted by molar-refractivity contribution is -0.123. The Kier molecular flexibility index (Phi) is 8.04. The maximum atomic E-state index is 14.2. The summed E-state index contributed by atoms with van der Waals surface area (Å²) in [6.07, 6.45) is 1.49. The molecule has 0 N–H and O–H groups in total. The number of nitrogens with zero attached hydrogens (tertiary/aromatic N) is 1. The van der Waals surface area contributed by atoms with Gasteiger partial charge >= 0.3 is 5.97 Å². The van der Waals surface area contributed by atoms with Gasteiger partial charge < -0.3 is 9.47 Å². The monoisotopic (exact) mass is 609 g/mol. The van der Waals surface area contributed by atoms with Crippen LogP contribution in [0.1, 0.15) is 21.5 Å². The summed E-state index contributed by atoms with van der Waals surface area (Å²) in [6.45, 7) is -0.292. The van der Waals surface area contributed by atoms with Crippen molar-refractivity contribution >= 4 is 74.1 Å². The molecule has 36 heavy (non-hydrogen) atoms. The molecular weight excluding hydrogens is 596 g/mol. The molecule has 184 valence electrons. The summed E-state index contributed by atoms with van der Waals surface area (Å²) in [5.41, 5.74) is 0.847. The van der Waals surface area contributed by atoms with Crippen molar-refractivity contribution in [1.82, 2.24) is 4.90 Å². The number of imide groups is 1.